The minimum absolute atomic E-state index is 0.347. The SMILES string of the molecule is CN1c2ccccc2C(C)(C)[C@@]12C=Nc1c(c3ccc4c5c(c6ccccc6c4c3c3ccccc13)C=CC(c1ccc(F)cc1)(c1ccc(F)cc1)O5)O2. The average Bonchev–Trinajstić information content (AvgIpc) is 3.38. The van der Waals surface area contributed by atoms with E-state index in [9.17, 15) is 8.78 Å². The van der Waals surface area contributed by atoms with Crippen LogP contribution in [-0.2, 0) is 11.0 Å². The molecule has 0 amide bonds. The molecule has 0 unspecified atom stereocenters. The lowest BCUT2D eigenvalue weighted by Crippen LogP contribution is -2.61. The molecule has 0 saturated heterocycles. The number of rotatable bonds is 2. The highest BCUT2D eigenvalue weighted by atomic mass is 19.1. The van der Waals surface area contributed by atoms with Crippen molar-refractivity contribution in [3.8, 4) is 11.5 Å². The highest BCUT2D eigenvalue weighted by Gasteiger charge is 2.58. The van der Waals surface area contributed by atoms with Gasteiger partial charge in [0.1, 0.15) is 23.1 Å². The van der Waals surface area contributed by atoms with Crippen LogP contribution < -0.4 is 14.4 Å². The zero-order valence-corrected chi connectivity index (χ0v) is 30.4. The molecule has 0 aromatic heterocycles. The van der Waals surface area contributed by atoms with Crippen LogP contribution in [-0.4, -0.2) is 19.0 Å². The highest BCUT2D eigenvalue weighted by molar-refractivity contribution is 6.32. The Morgan fingerprint density at radius 2 is 1.11 bits per heavy atom. The molecule has 55 heavy (non-hydrogen) atoms. The van der Waals surface area contributed by atoms with E-state index >= 15 is 0 Å². The van der Waals surface area contributed by atoms with Crippen molar-refractivity contribution in [3.63, 3.8) is 0 Å². The van der Waals surface area contributed by atoms with Gasteiger partial charge in [-0.1, -0.05) is 91.0 Å². The van der Waals surface area contributed by atoms with Crippen LogP contribution >= 0.6 is 0 Å². The molecule has 6 heteroatoms. The van der Waals surface area contributed by atoms with Crippen LogP contribution in [0, 0.1) is 11.6 Å². The van der Waals surface area contributed by atoms with Crippen molar-refractivity contribution < 1.29 is 18.3 Å². The number of para-hydroxylation sites is 1. The van der Waals surface area contributed by atoms with Gasteiger partial charge in [-0.05, 0) is 90.2 Å². The first kappa shape index (κ1) is 31.9. The monoisotopic (exact) mass is 720 g/mol. The number of aliphatic imine (C=N–C) groups is 1. The summed E-state index contributed by atoms with van der Waals surface area (Å²) >= 11 is 0. The second-order valence-corrected chi connectivity index (χ2v) is 15.4. The molecule has 4 nitrogen and oxygen atoms in total. The van der Waals surface area contributed by atoms with E-state index in [4.69, 9.17) is 14.5 Å². The maximum Gasteiger partial charge on any atom is 0.228 e. The van der Waals surface area contributed by atoms with Gasteiger partial charge in [0.25, 0.3) is 0 Å². The number of fused-ring (bicyclic) bond motifs is 14. The summed E-state index contributed by atoms with van der Waals surface area (Å²) < 4.78 is 43.5. The van der Waals surface area contributed by atoms with Crippen molar-refractivity contribution in [1.82, 2.24) is 0 Å². The van der Waals surface area contributed by atoms with E-state index in [0.29, 0.717) is 5.75 Å². The number of benzene rings is 8. The number of halogens is 2. The lowest BCUT2D eigenvalue weighted by atomic mass is 9.77. The molecule has 0 N–H and O–H groups in total. The van der Waals surface area contributed by atoms with Gasteiger partial charge in [-0.2, -0.15) is 0 Å². The first-order chi connectivity index (χ1) is 26.7. The molecular weight excluding hydrogens is 687 g/mol. The third kappa shape index (κ3) is 4.11. The van der Waals surface area contributed by atoms with E-state index in [2.05, 4.69) is 111 Å². The Labute approximate surface area is 316 Å². The van der Waals surface area contributed by atoms with Crippen LogP contribution in [0.2, 0.25) is 0 Å². The van der Waals surface area contributed by atoms with E-state index in [-0.39, 0.29) is 11.6 Å². The molecule has 0 radical (unpaired) electrons. The van der Waals surface area contributed by atoms with Crippen LogP contribution in [0.5, 0.6) is 11.5 Å². The number of hydrogen-bond donors (Lipinski definition) is 0. The molecule has 0 fully saturated rings. The average molecular weight is 721 g/mol. The molecule has 1 spiro atoms. The topological polar surface area (TPSA) is 34.1 Å². The molecule has 1 atom stereocenters. The van der Waals surface area contributed by atoms with E-state index in [1.807, 2.05) is 18.4 Å². The molecule has 3 aliphatic rings. The number of ether oxygens (including phenoxy) is 2. The Morgan fingerprint density at radius 3 is 1.75 bits per heavy atom. The highest BCUT2D eigenvalue weighted by Crippen LogP contribution is 2.58. The molecule has 3 aliphatic heterocycles. The van der Waals surface area contributed by atoms with E-state index in [0.717, 1.165) is 76.9 Å². The van der Waals surface area contributed by atoms with Crippen LogP contribution in [0.4, 0.5) is 20.2 Å². The fourth-order valence-electron chi connectivity index (χ4n) is 9.54. The first-order valence-electron chi connectivity index (χ1n) is 18.6. The molecule has 11 rings (SSSR count). The van der Waals surface area contributed by atoms with Gasteiger partial charge in [0.15, 0.2) is 11.4 Å². The first-order valence-corrected chi connectivity index (χ1v) is 18.6. The van der Waals surface area contributed by atoms with E-state index in [1.54, 1.807) is 24.3 Å². The summed E-state index contributed by atoms with van der Waals surface area (Å²) in [5.74, 6) is 0.734. The van der Waals surface area contributed by atoms with Gasteiger partial charge < -0.3 is 14.4 Å². The van der Waals surface area contributed by atoms with Gasteiger partial charge in [-0.15, -0.1) is 0 Å². The quantitative estimate of drug-likeness (QED) is 0.167. The minimum atomic E-state index is -1.16. The predicted octanol–water partition coefficient (Wildman–Crippen LogP) is 12.1. The lowest BCUT2D eigenvalue weighted by Gasteiger charge is -2.45. The zero-order chi connectivity index (χ0) is 37.3. The maximum atomic E-state index is 14.4. The third-order valence-corrected chi connectivity index (χ3v) is 12.3. The smallest absolute Gasteiger partial charge is 0.228 e. The van der Waals surface area contributed by atoms with Gasteiger partial charge in [0.2, 0.25) is 5.72 Å². The lowest BCUT2D eigenvalue weighted by molar-refractivity contribution is 0.0844. The van der Waals surface area contributed by atoms with Crippen molar-refractivity contribution in [2.45, 2.75) is 30.6 Å². The van der Waals surface area contributed by atoms with Crippen LogP contribution in [0.3, 0.4) is 0 Å². The molecule has 8 aromatic carbocycles. The second-order valence-electron chi connectivity index (χ2n) is 15.4. The zero-order valence-electron chi connectivity index (χ0n) is 30.4. The largest absolute Gasteiger partial charge is 0.472 e. The molecule has 8 aromatic rings. The van der Waals surface area contributed by atoms with Crippen LogP contribution in [0.15, 0.2) is 145 Å². The van der Waals surface area contributed by atoms with Crippen molar-refractivity contribution in [3.05, 3.63) is 173 Å². The Kier molecular flexibility index (Phi) is 6.40. The molecule has 0 bridgehead atoms. The maximum absolute atomic E-state index is 14.4. The fourth-order valence-corrected chi connectivity index (χ4v) is 9.54. The molecular formula is C49H34F2N2O2. The van der Waals surface area contributed by atoms with Crippen molar-refractivity contribution in [2.24, 2.45) is 4.99 Å². The van der Waals surface area contributed by atoms with Gasteiger partial charge >= 0.3 is 0 Å². The predicted molar refractivity (Wildman–Crippen MR) is 219 cm³/mol. The fraction of sp³-hybridized carbons (Fsp3) is 0.122. The summed E-state index contributed by atoms with van der Waals surface area (Å²) in [6.45, 7) is 4.45. The summed E-state index contributed by atoms with van der Waals surface area (Å²) in [5.41, 5.74) is 3.07. The minimum Gasteiger partial charge on any atom is -0.472 e. The van der Waals surface area contributed by atoms with Gasteiger partial charge in [0.05, 0.1) is 11.6 Å². The summed E-state index contributed by atoms with van der Waals surface area (Å²) in [6.07, 6.45) is 6.09. The Hall–Kier alpha value is -6.53. The van der Waals surface area contributed by atoms with Gasteiger partial charge in [-0.3, -0.25) is 4.99 Å². The second kappa shape index (κ2) is 11.0. The molecule has 0 saturated carbocycles. The van der Waals surface area contributed by atoms with Crippen LogP contribution in [0.25, 0.3) is 49.2 Å². The summed E-state index contributed by atoms with van der Waals surface area (Å²) in [5, 5.41) is 8.11. The molecule has 0 aliphatic carbocycles. The van der Waals surface area contributed by atoms with Crippen molar-refractivity contribution in [2.75, 3.05) is 11.9 Å². The summed E-state index contributed by atoms with van der Waals surface area (Å²) in [7, 11) is 2.09. The molecule has 266 valence electrons. The number of hydrogen-bond acceptors (Lipinski definition) is 4. The van der Waals surface area contributed by atoms with Gasteiger partial charge in [-0.25, -0.2) is 8.78 Å². The Morgan fingerprint density at radius 1 is 0.564 bits per heavy atom. The van der Waals surface area contributed by atoms with Crippen LogP contribution in [0.1, 0.15) is 36.1 Å². The number of nitrogens with zero attached hydrogens (tertiary/aromatic N) is 2. The normalized spacial score (nSPS) is 18.7. The van der Waals surface area contributed by atoms with E-state index < -0.39 is 16.7 Å². The number of anilines is 1. The Bertz CT molecular complexity index is 2960. The summed E-state index contributed by atoms with van der Waals surface area (Å²) in [6, 6.07) is 42.3. The van der Waals surface area contributed by atoms with Gasteiger partial charge in [0, 0.05) is 56.4 Å². The van der Waals surface area contributed by atoms with Crippen molar-refractivity contribution >= 4 is 66.8 Å². The summed E-state index contributed by atoms with van der Waals surface area (Å²) in [4.78, 5) is 7.48. The third-order valence-electron chi connectivity index (χ3n) is 12.3. The standard InChI is InChI=1S/C49H34F2N2O2/c1-47(2)40-14-8-9-15-41(40)53(3)49(47)28-52-44-36-13-7-6-12-35(36)43-39(46(44)55-49)25-24-38-42(43)34-11-5-4-10-33(34)37-26-27-48(54-45(37)38,29-16-20-31(50)21-17-29)30-18-22-32(51)23-19-30/h4-28H,1-3H3/t49-/m0/s1. The molecule has 3 heterocycles. The van der Waals surface area contributed by atoms with Crippen molar-refractivity contribution in [1.29, 1.82) is 0 Å². The number of likely N-dealkylation sites (N-methyl/N-ethyl adjacent to an activating group) is 1. The van der Waals surface area contributed by atoms with E-state index in [1.165, 1.54) is 29.8 Å². The Balaban J connectivity index is 1.22.